The van der Waals surface area contributed by atoms with Crippen LogP contribution in [0.2, 0.25) is 5.15 Å². The van der Waals surface area contributed by atoms with E-state index in [0.29, 0.717) is 16.6 Å². The molecule has 2 N–H and O–H groups in total. The van der Waals surface area contributed by atoms with Gasteiger partial charge >= 0.3 is 5.97 Å². The minimum Gasteiger partial charge on any atom is -0.476 e. The number of hydrogen-bond acceptors (Lipinski definition) is 7. The molecule has 3 fully saturated rings. The number of aromatic nitrogens is 4. The zero-order valence-electron chi connectivity index (χ0n) is 20.9. The number of nitrogens with zero attached hydrogens (tertiary/aromatic N) is 4. The van der Waals surface area contributed by atoms with Gasteiger partial charge in [0.25, 0.3) is 5.56 Å². The number of pyridine rings is 1. The second-order valence-electron chi connectivity index (χ2n) is 10.7. The number of fused-ring (bicyclic) bond motifs is 1. The molecule has 1 atom stereocenters. The molecule has 3 aliphatic rings. The van der Waals surface area contributed by atoms with Gasteiger partial charge in [-0.25, -0.2) is 14.8 Å². The van der Waals surface area contributed by atoms with Crippen molar-refractivity contribution in [3.8, 4) is 0 Å². The molecule has 0 aliphatic heterocycles. The second kappa shape index (κ2) is 7.89. The summed E-state index contributed by atoms with van der Waals surface area (Å²) in [4.78, 5) is 34.3. The van der Waals surface area contributed by atoms with E-state index in [1.165, 1.54) is 6.07 Å². The van der Waals surface area contributed by atoms with Gasteiger partial charge in [-0.05, 0) is 63.8 Å². The molecule has 0 spiro atoms. The van der Waals surface area contributed by atoms with Gasteiger partial charge in [-0.1, -0.05) is 22.8 Å². The number of rotatable bonds is 6. The maximum Gasteiger partial charge on any atom is 0.356 e. The van der Waals surface area contributed by atoms with Crippen molar-refractivity contribution in [3.63, 3.8) is 0 Å². The molecule has 3 saturated carbocycles. The number of nitrogens with one attached hydrogen (secondary N) is 1. The normalized spacial score (nSPS) is 22.8. The third kappa shape index (κ3) is 3.48. The average Bonchev–Trinajstić information content (AvgIpc) is 3.22. The molecule has 3 aromatic heterocycles. The summed E-state index contributed by atoms with van der Waals surface area (Å²) in [5.41, 5.74) is 3.12. The van der Waals surface area contributed by atoms with Crippen LogP contribution in [-0.2, 0) is 17.9 Å². The van der Waals surface area contributed by atoms with Crippen molar-refractivity contribution in [1.29, 1.82) is 0 Å². The van der Waals surface area contributed by atoms with Crippen LogP contribution in [0.1, 0.15) is 71.1 Å². The van der Waals surface area contributed by atoms with Crippen molar-refractivity contribution >= 4 is 34.2 Å². The summed E-state index contributed by atoms with van der Waals surface area (Å²) >= 11 is 5.92. The first-order valence-electron chi connectivity index (χ1n) is 12.1. The highest BCUT2D eigenvalue weighted by Crippen LogP contribution is 2.73. The lowest BCUT2D eigenvalue weighted by atomic mass is 9.34. The van der Waals surface area contributed by atoms with Crippen LogP contribution in [0.25, 0.3) is 10.9 Å². The van der Waals surface area contributed by atoms with Crippen LogP contribution >= 0.6 is 11.6 Å². The standard InChI is InChI=1S/C27H26ClN5O4/c1-13-7-16(15(3)29-18-5-6-20(28)30-22(18)24(35)36)21-17(8-13)23(34)33(4)25(31-21)27-10-26(11-27,12-27)19-9-14(2)32-37-19/h5-9,15,29H,10-12H2,1-4H3,(H,35,36)/t15-,26?,27?/m1/s1. The minimum atomic E-state index is -1.18. The molecular formula is C27H26ClN5O4. The molecule has 0 radical (unpaired) electrons. The molecule has 0 amide bonds. The second-order valence-corrected chi connectivity index (χ2v) is 11.1. The molecule has 9 nitrogen and oxygen atoms in total. The van der Waals surface area contributed by atoms with Gasteiger partial charge in [0.05, 0.1) is 28.3 Å². The number of aromatic carboxylic acids is 1. The van der Waals surface area contributed by atoms with Gasteiger partial charge < -0.3 is 14.9 Å². The van der Waals surface area contributed by atoms with Crippen molar-refractivity contribution in [2.24, 2.45) is 7.05 Å². The number of aryl methyl sites for hydroxylation is 2. The van der Waals surface area contributed by atoms with Gasteiger partial charge in [0.2, 0.25) is 0 Å². The van der Waals surface area contributed by atoms with Crippen molar-refractivity contribution in [2.45, 2.75) is 56.9 Å². The van der Waals surface area contributed by atoms with Crippen LogP contribution < -0.4 is 10.9 Å². The van der Waals surface area contributed by atoms with E-state index in [2.05, 4.69) is 15.5 Å². The fourth-order valence-electron chi connectivity index (χ4n) is 6.28. The largest absolute Gasteiger partial charge is 0.476 e. The third-order valence-corrected chi connectivity index (χ3v) is 8.12. The molecule has 1 aromatic carbocycles. The van der Waals surface area contributed by atoms with Crippen molar-refractivity contribution in [2.75, 3.05) is 5.32 Å². The Morgan fingerprint density at radius 2 is 1.89 bits per heavy atom. The molecule has 2 bridgehead atoms. The Hall–Kier alpha value is -3.72. The summed E-state index contributed by atoms with van der Waals surface area (Å²) in [6, 6.07) is 8.63. The summed E-state index contributed by atoms with van der Waals surface area (Å²) in [6.45, 7) is 5.76. The van der Waals surface area contributed by atoms with Crippen LogP contribution in [0.5, 0.6) is 0 Å². The maximum absolute atomic E-state index is 13.5. The number of hydrogen-bond donors (Lipinski definition) is 2. The lowest BCUT2D eigenvalue weighted by molar-refractivity contribution is -0.0933. The fraction of sp³-hybridized carbons (Fsp3) is 0.370. The van der Waals surface area contributed by atoms with Crippen LogP contribution in [0.3, 0.4) is 0 Å². The number of anilines is 1. The van der Waals surface area contributed by atoms with Crippen LogP contribution in [-0.4, -0.2) is 30.8 Å². The first kappa shape index (κ1) is 23.7. The molecule has 7 rings (SSSR count). The molecule has 0 unspecified atom stereocenters. The fourth-order valence-corrected chi connectivity index (χ4v) is 6.43. The highest BCUT2D eigenvalue weighted by Gasteiger charge is 2.72. The Kier molecular flexibility index (Phi) is 5.04. The number of carboxylic acids is 1. The van der Waals surface area contributed by atoms with Gasteiger partial charge in [-0.3, -0.25) is 9.36 Å². The predicted molar refractivity (Wildman–Crippen MR) is 138 cm³/mol. The lowest BCUT2D eigenvalue weighted by Gasteiger charge is -2.68. The Balaban J connectivity index is 1.40. The van der Waals surface area contributed by atoms with Crippen molar-refractivity contribution in [1.82, 2.24) is 19.7 Å². The van der Waals surface area contributed by atoms with Gasteiger partial charge in [0.15, 0.2) is 5.69 Å². The summed E-state index contributed by atoms with van der Waals surface area (Å²) in [5, 5.41) is 17.5. The molecule has 4 aromatic rings. The number of benzene rings is 1. The van der Waals surface area contributed by atoms with Crippen LogP contribution in [0, 0.1) is 13.8 Å². The van der Waals surface area contributed by atoms with E-state index in [1.807, 2.05) is 39.0 Å². The zero-order valence-corrected chi connectivity index (χ0v) is 21.7. The lowest BCUT2D eigenvalue weighted by Crippen LogP contribution is -2.68. The van der Waals surface area contributed by atoms with E-state index < -0.39 is 5.97 Å². The van der Waals surface area contributed by atoms with Crippen molar-refractivity contribution < 1.29 is 14.4 Å². The van der Waals surface area contributed by atoms with Gasteiger partial charge in [-0.15, -0.1) is 0 Å². The maximum atomic E-state index is 13.5. The monoisotopic (exact) mass is 519 g/mol. The topological polar surface area (TPSA) is 123 Å². The van der Waals surface area contributed by atoms with Crippen LogP contribution in [0.15, 0.2) is 39.6 Å². The Labute approximate surface area is 217 Å². The zero-order chi connectivity index (χ0) is 26.3. The first-order valence-corrected chi connectivity index (χ1v) is 12.5. The molecule has 190 valence electrons. The van der Waals surface area contributed by atoms with E-state index in [9.17, 15) is 14.7 Å². The third-order valence-electron chi connectivity index (χ3n) is 7.91. The van der Waals surface area contributed by atoms with Crippen LogP contribution in [0.4, 0.5) is 5.69 Å². The molecule has 37 heavy (non-hydrogen) atoms. The predicted octanol–water partition coefficient (Wildman–Crippen LogP) is 4.83. The Bertz CT molecular complexity index is 1650. The SMILES string of the molecule is Cc1cc([C@@H](C)Nc2ccc(Cl)nc2C(=O)O)c2nc(C34CC(c5cc(C)no5)(C3)C4)n(C)c(=O)c2c1. The highest BCUT2D eigenvalue weighted by atomic mass is 35.5. The van der Waals surface area contributed by atoms with Gasteiger partial charge in [-0.2, -0.15) is 0 Å². The molecule has 3 aliphatic carbocycles. The minimum absolute atomic E-state index is 0.0201. The molecule has 0 saturated heterocycles. The van der Waals surface area contributed by atoms with E-state index in [4.69, 9.17) is 21.1 Å². The van der Waals surface area contributed by atoms with Gasteiger partial charge in [0.1, 0.15) is 16.7 Å². The van der Waals surface area contributed by atoms with E-state index in [1.54, 1.807) is 17.7 Å². The Morgan fingerprint density at radius 1 is 1.16 bits per heavy atom. The average molecular weight is 520 g/mol. The molecular weight excluding hydrogens is 494 g/mol. The number of halogens is 1. The number of carboxylic acid groups (broad SMARTS) is 1. The van der Waals surface area contributed by atoms with E-state index in [0.717, 1.165) is 47.7 Å². The molecule has 10 heteroatoms. The summed E-state index contributed by atoms with van der Waals surface area (Å²) < 4.78 is 7.25. The molecule has 3 heterocycles. The number of carbonyl (C=O) groups is 1. The highest BCUT2D eigenvalue weighted by molar-refractivity contribution is 6.29. The van der Waals surface area contributed by atoms with E-state index >= 15 is 0 Å². The van der Waals surface area contributed by atoms with E-state index in [-0.39, 0.29) is 33.3 Å². The quantitative estimate of drug-likeness (QED) is 0.347. The first-order chi connectivity index (χ1) is 17.5. The summed E-state index contributed by atoms with van der Waals surface area (Å²) in [7, 11) is 1.79. The summed E-state index contributed by atoms with van der Waals surface area (Å²) in [5.74, 6) is 0.512. The van der Waals surface area contributed by atoms with Crippen molar-refractivity contribution in [3.05, 3.63) is 79.9 Å². The summed E-state index contributed by atoms with van der Waals surface area (Å²) in [6.07, 6.45) is 2.61. The van der Waals surface area contributed by atoms with Gasteiger partial charge in [0, 0.05) is 29.5 Å². The smallest absolute Gasteiger partial charge is 0.356 e. The Morgan fingerprint density at radius 3 is 2.54 bits per heavy atom.